The average Bonchev–Trinajstić information content (AvgIpc) is 2.57. The molecule has 0 aromatic heterocycles. The first kappa shape index (κ1) is 18.2. The fourth-order valence-corrected chi connectivity index (χ4v) is 2.96. The highest BCUT2D eigenvalue weighted by Gasteiger charge is 2.34. The van der Waals surface area contributed by atoms with E-state index in [-0.39, 0.29) is 5.56 Å². The van der Waals surface area contributed by atoms with Gasteiger partial charge in [0.25, 0.3) is 0 Å². The van der Waals surface area contributed by atoms with E-state index in [4.69, 9.17) is 0 Å². The first-order chi connectivity index (χ1) is 12.3. The standard InChI is InChI=1S/C20H15F5O/c1-2-4-12-7-8-16-13(9-12)5-3-6-15(16)14-10-17(21)19(18(22)11-14)26-20(23,24)25/h3,5-11H,2,4H2,1H3. The first-order valence-electron chi connectivity index (χ1n) is 8.05. The van der Waals surface area contributed by atoms with Gasteiger partial charge in [0.15, 0.2) is 11.6 Å². The highest BCUT2D eigenvalue weighted by Crippen LogP contribution is 2.35. The van der Waals surface area contributed by atoms with Crippen molar-refractivity contribution in [2.24, 2.45) is 0 Å². The quantitative estimate of drug-likeness (QED) is 0.471. The summed E-state index contributed by atoms with van der Waals surface area (Å²) in [4.78, 5) is 0. The number of hydrogen-bond acceptors (Lipinski definition) is 1. The number of benzene rings is 3. The predicted molar refractivity (Wildman–Crippen MR) is 90.0 cm³/mol. The van der Waals surface area contributed by atoms with E-state index in [2.05, 4.69) is 11.7 Å². The van der Waals surface area contributed by atoms with Crippen molar-refractivity contribution in [3.63, 3.8) is 0 Å². The van der Waals surface area contributed by atoms with Gasteiger partial charge in [-0.1, -0.05) is 49.7 Å². The van der Waals surface area contributed by atoms with Crippen molar-refractivity contribution in [1.82, 2.24) is 0 Å². The van der Waals surface area contributed by atoms with Crippen LogP contribution in [-0.4, -0.2) is 6.36 Å². The van der Waals surface area contributed by atoms with Gasteiger partial charge in [-0.15, -0.1) is 13.2 Å². The van der Waals surface area contributed by atoms with Crippen LogP contribution in [0.3, 0.4) is 0 Å². The molecule has 0 N–H and O–H groups in total. The van der Waals surface area contributed by atoms with Gasteiger partial charge < -0.3 is 4.74 Å². The molecule has 3 aromatic carbocycles. The molecular formula is C20H15F5O. The third-order valence-corrected chi connectivity index (χ3v) is 4.01. The summed E-state index contributed by atoms with van der Waals surface area (Å²) in [7, 11) is 0. The molecule has 3 aromatic rings. The van der Waals surface area contributed by atoms with Crippen LogP contribution in [0.1, 0.15) is 18.9 Å². The Labute approximate surface area is 147 Å². The molecule has 0 saturated carbocycles. The molecule has 1 nitrogen and oxygen atoms in total. The van der Waals surface area contributed by atoms with Gasteiger partial charge in [0.05, 0.1) is 0 Å². The molecule has 3 rings (SSSR count). The normalized spacial score (nSPS) is 11.8. The second kappa shape index (κ2) is 6.94. The van der Waals surface area contributed by atoms with Crippen molar-refractivity contribution in [3.05, 3.63) is 65.7 Å². The Hall–Kier alpha value is -2.63. The lowest BCUT2D eigenvalue weighted by Gasteiger charge is -2.13. The van der Waals surface area contributed by atoms with Crippen LogP contribution >= 0.6 is 0 Å². The second-order valence-corrected chi connectivity index (χ2v) is 5.93. The first-order valence-corrected chi connectivity index (χ1v) is 8.05. The lowest BCUT2D eigenvalue weighted by molar-refractivity contribution is -0.276. The summed E-state index contributed by atoms with van der Waals surface area (Å²) in [5, 5.41) is 1.65. The van der Waals surface area contributed by atoms with Crippen LogP contribution in [0.15, 0.2) is 48.5 Å². The fraction of sp³-hybridized carbons (Fsp3) is 0.200. The molecule has 0 amide bonds. The highest BCUT2D eigenvalue weighted by molar-refractivity contribution is 5.97. The molecule has 0 heterocycles. The van der Waals surface area contributed by atoms with Crippen LogP contribution < -0.4 is 4.74 Å². The van der Waals surface area contributed by atoms with Gasteiger partial charge in [-0.2, -0.15) is 0 Å². The molecular weight excluding hydrogens is 351 g/mol. The minimum absolute atomic E-state index is 0.142. The van der Waals surface area contributed by atoms with Crippen LogP contribution in [0.25, 0.3) is 21.9 Å². The van der Waals surface area contributed by atoms with Crippen LogP contribution in [0.2, 0.25) is 0 Å². The minimum atomic E-state index is -5.17. The molecule has 0 fully saturated rings. The number of ether oxygens (including phenoxy) is 1. The third-order valence-electron chi connectivity index (χ3n) is 4.01. The molecule has 0 saturated heterocycles. The van der Waals surface area contributed by atoms with Crippen LogP contribution in [-0.2, 0) is 6.42 Å². The van der Waals surface area contributed by atoms with Crippen molar-refractivity contribution in [2.75, 3.05) is 0 Å². The maximum absolute atomic E-state index is 14.0. The average molecular weight is 366 g/mol. The zero-order valence-electron chi connectivity index (χ0n) is 13.8. The van der Waals surface area contributed by atoms with Crippen molar-refractivity contribution in [1.29, 1.82) is 0 Å². The summed E-state index contributed by atoms with van der Waals surface area (Å²) < 4.78 is 68.3. The van der Waals surface area contributed by atoms with Gasteiger partial charge in [0.1, 0.15) is 0 Å². The maximum Gasteiger partial charge on any atom is 0.573 e. The van der Waals surface area contributed by atoms with Crippen molar-refractivity contribution in [2.45, 2.75) is 26.1 Å². The lowest BCUT2D eigenvalue weighted by atomic mass is 9.96. The van der Waals surface area contributed by atoms with E-state index >= 15 is 0 Å². The van der Waals surface area contributed by atoms with Crippen molar-refractivity contribution < 1.29 is 26.7 Å². The lowest BCUT2D eigenvalue weighted by Crippen LogP contribution is -2.19. The molecule has 0 aliphatic heterocycles. The molecule has 0 aliphatic rings. The number of alkyl halides is 3. The molecule has 6 heteroatoms. The number of rotatable bonds is 4. The van der Waals surface area contributed by atoms with Gasteiger partial charge >= 0.3 is 6.36 Å². The number of aryl methyl sites for hydroxylation is 1. The van der Waals surface area contributed by atoms with Crippen LogP contribution in [0, 0.1) is 11.6 Å². The van der Waals surface area contributed by atoms with E-state index in [0.717, 1.165) is 41.3 Å². The Balaban J connectivity index is 2.09. The number of halogens is 5. The van der Waals surface area contributed by atoms with E-state index in [1.807, 2.05) is 24.3 Å². The molecule has 136 valence electrons. The Morgan fingerprint density at radius 1 is 0.923 bits per heavy atom. The maximum atomic E-state index is 14.0. The molecule has 0 atom stereocenters. The van der Waals surface area contributed by atoms with Gasteiger partial charge in [0, 0.05) is 0 Å². The molecule has 0 radical (unpaired) electrons. The van der Waals surface area contributed by atoms with Gasteiger partial charge in [0.2, 0.25) is 5.75 Å². The summed E-state index contributed by atoms with van der Waals surface area (Å²) >= 11 is 0. The van der Waals surface area contributed by atoms with E-state index in [1.54, 1.807) is 12.1 Å². The van der Waals surface area contributed by atoms with Crippen molar-refractivity contribution in [3.8, 4) is 16.9 Å². The van der Waals surface area contributed by atoms with E-state index in [9.17, 15) is 22.0 Å². The van der Waals surface area contributed by atoms with E-state index in [0.29, 0.717) is 5.56 Å². The predicted octanol–water partition coefficient (Wildman–Crippen LogP) is 6.64. The third kappa shape index (κ3) is 3.79. The Bertz CT molecular complexity index is 924. The zero-order valence-corrected chi connectivity index (χ0v) is 13.8. The summed E-state index contributed by atoms with van der Waals surface area (Å²) in [5.41, 5.74) is 1.81. The Kier molecular flexibility index (Phi) is 4.85. The topological polar surface area (TPSA) is 9.23 Å². The molecule has 0 unspecified atom stereocenters. The summed E-state index contributed by atoms with van der Waals surface area (Å²) in [6.07, 6.45) is -3.27. The molecule has 0 aliphatic carbocycles. The zero-order chi connectivity index (χ0) is 18.9. The minimum Gasteiger partial charge on any atom is -0.399 e. The van der Waals surface area contributed by atoms with Crippen LogP contribution in [0.5, 0.6) is 5.75 Å². The van der Waals surface area contributed by atoms with Crippen LogP contribution in [0.4, 0.5) is 22.0 Å². The Morgan fingerprint density at radius 2 is 1.62 bits per heavy atom. The second-order valence-electron chi connectivity index (χ2n) is 5.93. The number of fused-ring (bicyclic) bond motifs is 1. The van der Waals surface area contributed by atoms with Crippen molar-refractivity contribution >= 4 is 10.8 Å². The number of hydrogen-bond donors (Lipinski definition) is 0. The summed E-state index contributed by atoms with van der Waals surface area (Å²) in [5.74, 6) is -4.26. The summed E-state index contributed by atoms with van der Waals surface area (Å²) in [6, 6.07) is 12.8. The smallest absolute Gasteiger partial charge is 0.399 e. The summed E-state index contributed by atoms with van der Waals surface area (Å²) in [6.45, 7) is 2.07. The molecule has 0 spiro atoms. The van der Waals surface area contributed by atoms with Gasteiger partial charge in [-0.3, -0.25) is 0 Å². The SMILES string of the molecule is CCCc1ccc2c(-c3cc(F)c(OC(F)(F)F)c(F)c3)cccc2c1. The van der Waals surface area contributed by atoms with E-state index in [1.165, 1.54) is 0 Å². The monoisotopic (exact) mass is 366 g/mol. The van der Waals surface area contributed by atoms with Gasteiger partial charge in [-0.05, 0) is 46.0 Å². The van der Waals surface area contributed by atoms with Gasteiger partial charge in [-0.25, -0.2) is 8.78 Å². The molecule has 0 bridgehead atoms. The Morgan fingerprint density at radius 3 is 2.23 bits per heavy atom. The highest BCUT2D eigenvalue weighted by atomic mass is 19.4. The molecule has 26 heavy (non-hydrogen) atoms. The largest absolute Gasteiger partial charge is 0.573 e. The van der Waals surface area contributed by atoms with E-state index < -0.39 is 23.7 Å². The fourth-order valence-electron chi connectivity index (χ4n) is 2.96.